The molecule has 4 rings (SSSR count). The number of benzene rings is 1. The number of fused-ring (bicyclic) bond motifs is 1. The maximum absolute atomic E-state index is 4.89. The van der Waals surface area contributed by atoms with Gasteiger partial charge in [-0.3, -0.25) is 4.98 Å². The summed E-state index contributed by atoms with van der Waals surface area (Å²) in [6, 6.07) is 12.8. The molecule has 0 aliphatic carbocycles. The Labute approximate surface area is 134 Å². The Hall–Kier alpha value is -2.07. The highest BCUT2D eigenvalue weighted by Crippen LogP contribution is 2.38. The van der Waals surface area contributed by atoms with Crippen molar-refractivity contribution in [2.45, 2.75) is 36.2 Å². The maximum atomic E-state index is 4.89. The summed E-state index contributed by atoms with van der Waals surface area (Å²) in [6.45, 7) is 3.18. The standard InChI is InChI=1S/C18H17N3S/c1-13-4-6-15(7-5-13)22-18-17(14-8-10-19-11-9-14)21-12-2-3-16(21)20-18/h4-11H,2-3,12H2,1H3. The first kappa shape index (κ1) is 13.6. The first-order valence-corrected chi connectivity index (χ1v) is 8.37. The summed E-state index contributed by atoms with van der Waals surface area (Å²) >= 11 is 1.75. The van der Waals surface area contributed by atoms with E-state index in [9.17, 15) is 0 Å². The van der Waals surface area contributed by atoms with Crippen LogP contribution in [0.2, 0.25) is 0 Å². The lowest BCUT2D eigenvalue weighted by molar-refractivity contribution is 0.752. The molecule has 3 heterocycles. The van der Waals surface area contributed by atoms with E-state index in [1.54, 1.807) is 11.8 Å². The third-order valence-electron chi connectivity index (χ3n) is 3.99. The van der Waals surface area contributed by atoms with Crippen LogP contribution in [0.15, 0.2) is 58.7 Å². The molecule has 110 valence electrons. The first-order chi connectivity index (χ1) is 10.8. The quantitative estimate of drug-likeness (QED) is 0.720. The first-order valence-electron chi connectivity index (χ1n) is 7.55. The molecule has 1 aliphatic rings. The fraction of sp³-hybridized carbons (Fsp3) is 0.222. The lowest BCUT2D eigenvalue weighted by Crippen LogP contribution is -1.96. The van der Waals surface area contributed by atoms with Crippen molar-refractivity contribution in [1.29, 1.82) is 0 Å². The summed E-state index contributed by atoms with van der Waals surface area (Å²) in [5.74, 6) is 1.21. The highest BCUT2D eigenvalue weighted by atomic mass is 32.2. The lowest BCUT2D eigenvalue weighted by Gasteiger charge is -2.08. The Kier molecular flexibility index (Phi) is 3.47. The Balaban J connectivity index is 1.78. The molecule has 1 aliphatic heterocycles. The highest BCUT2D eigenvalue weighted by Gasteiger charge is 2.22. The van der Waals surface area contributed by atoms with Gasteiger partial charge in [0.2, 0.25) is 0 Å². The number of imidazole rings is 1. The molecule has 0 spiro atoms. The predicted octanol–water partition coefficient (Wildman–Crippen LogP) is 4.35. The van der Waals surface area contributed by atoms with Crippen LogP contribution in [0, 0.1) is 6.92 Å². The van der Waals surface area contributed by atoms with Gasteiger partial charge in [0.25, 0.3) is 0 Å². The minimum Gasteiger partial charge on any atom is -0.327 e. The second-order valence-corrected chi connectivity index (χ2v) is 6.65. The number of aromatic nitrogens is 3. The summed E-state index contributed by atoms with van der Waals surface area (Å²) < 4.78 is 2.37. The van der Waals surface area contributed by atoms with Crippen molar-refractivity contribution in [3.05, 3.63) is 60.2 Å². The van der Waals surface area contributed by atoms with E-state index in [4.69, 9.17) is 4.98 Å². The SMILES string of the molecule is Cc1ccc(Sc2nc3n(c2-c2ccncc2)CCC3)cc1. The molecule has 3 aromatic rings. The van der Waals surface area contributed by atoms with Crippen LogP contribution in [0.1, 0.15) is 17.8 Å². The lowest BCUT2D eigenvalue weighted by atomic mass is 10.2. The van der Waals surface area contributed by atoms with E-state index in [-0.39, 0.29) is 0 Å². The highest BCUT2D eigenvalue weighted by molar-refractivity contribution is 7.99. The fourth-order valence-corrected chi connectivity index (χ4v) is 3.85. The maximum Gasteiger partial charge on any atom is 0.127 e. The molecule has 22 heavy (non-hydrogen) atoms. The summed E-state index contributed by atoms with van der Waals surface area (Å²) in [4.78, 5) is 10.3. The number of hydrogen-bond donors (Lipinski definition) is 0. The Morgan fingerprint density at radius 2 is 1.82 bits per heavy atom. The molecule has 2 aromatic heterocycles. The molecule has 1 aromatic carbocycles. The third-order valence-corrected chi connectivity index (χ3v) is 4.97. The van der Waals surface area contributed by atoms with Crippen molar-refractivity contribution in [3.63, 3.8) is 0 Å². The average Bonchev–Trinajstić information content (AvgIpc) is 3.11. The summed E-state index contributed by atoms with van der Waals surface area (Å²) in [5.41, 5.74) is 3.72. The number of pyridine rings is 1. The van der Waals surface area contributed by atoms with Crippen molar-refractivity contribution in [1.82, 2.24) is 14.5 Å². The van der Waals surface area contributed by atoms with Gasteiger partial charge >= 0.3 is 0 Å². The van der Waals surface area contributed by atoms with Gasteiger partial charge in [0.05, 0.1) is 5.69 Å². The van der Waals surface area contributed by atoms with Gasteiger partial charge in [0, 0.05) is 35.8 Å². The molecule has 0 radical (unpaired) electrons. The molecule has 3 nitrogen and oxygen atoms in total. The minimum atomic E-state index is 1.06. The van der Waals surface area contributed by atoms with E-state index in [1.165, 1.54) is 34.0 Å². The largest absolute Gasteiger partial charge is 0.327 e. The van der Waals surface area contributed by atoms with Crippen LogP contribution in [0.25, 0.3) is 11.3 Å². The van der Waals surface area contributed by atoms with Crippen molar-refractivity contribution in [2.24, 2.45) is 0 Å². The van der Waals surface area contributed by atoms with Gasteiger partial charge in [-0.1, -0.05) is 29.5 Å². The zero-order chi connectivity index (χ0) is 14.9. The van der Waals surface area contributed by atoms with E-state index in [0.717, 1.165) is 18.0 Å². The van der Waals surface area contributed by atoms with Crippen LogP contribution in [0.4, 0.5) is 0 Å². The van der Waals surface area contributed by atoms with Gasteiger partial charge in [0.1, 0.15) is 10.9 Å². The molecule has 0 fully saturated rings. The molecular weight excluding hydrogens is 290 g/mol. The normalized spacial score (nSPS) is 13.3. The van der Waals surface area contributed by atoms with Gasteiger partial charge in [-0.15, -0.1) is 0 Å². The molecule has 0 amide bonds. The summed E-state index contributed by atoms with van der Waals surface area (Å²) in [5, 5.41) is 1.10. The van der Waals surface area contributed by atoms with Crippen molar-refractivity contribution >= 4 is 11.8 Å². The topological polar surface area (TPSA) is 30.7 Å². The summed E-state index contributed by atoms with van der Waals surface area (Å²) in [7, 11) is 0. The van der Waals surface area contributed by atoms with E-state index in [2.05, 4.69) is 52.9 Å². The summed E-state index contributed by atoms with van der Waals surface area (Å²) in [6.07, 6.45) is 5.97. The van der Waals surface area contributed by atoms with Gasteiger partial charge in [-0.25, -0.2) is 4.98 Å². The van der Waals surface area contributed by atoms with E-state index in [0.29, 0.717) is 0 Å². The van der Waals surface area contributed by atoms with Gasteiger partial charge < -0.3 is 4.57 Å². The number of hydrogen-bond acceptors (Lipinski definition) is 3. The second kappa shape index (κ2) is 5.61. The zero-order valence-electron chi connectivity index (χ0n) is 12.5. The van der Waals surface area contributed by atoms with Gasteiger partial charge in [0.15, 0.2) is 0 Å². The zero-order valence-corrected chi connectivity index (χ0v) is 13.3. The Morgan fingerprint density at radius 3 is 2.59 bits per heavy atom. The van der Waals surface area contributed by atoms with Crippen LogP contribution in [-0.2, 0) is 13.0 Å². The Bertz CT molecular complexity index is 791. The number of nitrogens with zero attached hydrogens (tertiary/aromatic N) is 3. The van der Waals surface area contributed by atoms with Gasteiger partial charge in [-0.05, 0) is 37.6 Å². The van der Waals surface area contributed by atoms with Crippen LogP contribution >= 0.6 is 11.8 Å². The molecular formula is C18H17N3S. The molecule has 0 bridgehead atoms. The van der Waals surface area contributed by atoms with Crippen molar-refractivity contribution < 1.29 is 0 Å². The Morgan fingerprint density at radius 1 is 1.05 bits per heavy atom. The minimum absolute atomic E-state index is 1.06. The monoisotopic (exact) mass is 307 g/mol. The van der Waals surface area contributed by atoms with E-state index >= 15 is 0 Å². The van der Waals surface area contributed by atoms with Crippen LogP contribution in [0.5, 0.6) is 0 Å². The molecule has 0 saturated heterocycles. The van der Waals surface area contributed by atoms with Crippen LogP contribution < -0.4 is 0 Å². The van der Waals surface area contributed by atoms with E-state index in [1.807, 2.05) is 12.4 Å². The molecule has 0 atom stereocenters. The van der Waals surface area contributed by atoms with E-state index < -0.39 is 0 Å². The molecule has 0 N–H and O–H groups in total. The van der Waals surface area contributed by atoms with Crippen LogP contribution in [-0.4, -0.2) is 14.5 Å². The fourth-order valence-electron chi connectivity index (χ4n) is 2.88. The smallest absolute Gasteiger partial charge is 0.127 e. The second-order valence-electron chi connectivity index (χ2n) is 5.59. The number of rotatable bonds is 3. The van der Waals surface area contributed by atoms with Crippen molar-refractivity contribution in [3.8, 4) is 11.3 Å². The third kappa shape index (κ3) is 2.44. The van der Waals surface area contributed by atoms with Gasteiger partial charge in [-0.2, -0.15) is 0 Å². The number of aryl methyl sites for hydroxylation is 2. The molecule has 0 unspecified atom stereocenters. The average molecular weight is 307 g/mol. The van der Waals surface area contributed by atoms with Crippen LogP contribution in [0.3, 0.4) is 0 Å². The predicted molar refractivity (Wildman–Crippen MR) is 89.1 cm³/mol. The molecule has 0 saturated carbocycles. The molecule has 4 heteroatoms. The van der Waals surface area contributed by atoms with Crippen molar-refractivity contribution in [2.75, 3.05) is 0 Å².